The fourth-order valence-electron chi connectivity index (χ4n) is 2.92. The van der Waals surface area contributed by atoms with Gasteiger partial charge in [0, 0.05) is 6.54 Å². The summed E-state index contributed by atoms with van der Waals surface area (Å²) >= 11 is 0. The Morgan fingerprint density at radius 3 is 2.46 bits per heavy atom. The molecule has 136 valence electrons. The van der Waals surface area contributed by atoms with Crippen LogP contribution in [0.1, 0.15) is 35.6 Å². The molecular formula is C21H25N3O2. The third kappa shape index (κ3) is 4.11. The van der Waals surface area contributed by atoms with E-state index in [2.05, 4.69) is 15.5 Å². The van der Waals surface area contributed by atoms with Crippen LogP contribution in [0.5, 0.6) is 0 Å². The maximum Gasteiger partial charge on any atom is 0.338 e. The number of para-hydroxylation sites is 2. The van der Waals surface area contributed by atoms with Gasteiger partial charge in [0.2, 0.25) is 0 Å². The second-order valence-electron chi connectivity index (χ2n) is 6.99. The standard InChI is InChI=1S/C21H25N3O2/c1-15(2)26-21(25)17-11-9-16(10-12-17)13-24-19-8-6-5-7-18(19)22-20(24)14-23(3)4/h5-12,15H,13-14H2,1-4H3. The minimum absolute atomic E-state index is 0.118. The van der Waals surface area contributed by atoms with Crippen LogP contribution in [-0.4, -0.2) is 40.6 Å². The Morgan fingerprint density at radius 1 is 1.12 bits per heavy atom. The van der Waals surface area contributed by atoms with E-state index in [-0.39, 0.29) is 12.1 Å². The number of imidazole rings is 1. The van der Waals surface area contributed by atoms with Gasteiger partial charge in [0.1, 0.15) is 5.82 Å². The first-order valence-corrected chi connectivity index (χ1v) is 8.83. The van der Waals surface area contributed by atoms with Gasteiger partial charge < -0.3 is 14.2 Å². The smallest absolute Gasteiger partial charge is 0.338 e. The molecule has 0 unspecified atom stereocenters. The molecule has 3 aromatic rings. The second-order valence-corrected chi connectivity index (χ2v) is 6.99. The third-order valence-electron chi connectivity index (χ3n) is 4.06. The molecule has 0 bridgehead atoms. The quantitative estimate of drug-likeness (QED) is 0.635. The highest BCUT2D eigenvalue weighted by Crippen LogP contribution is 2.19. The van der Waals surface area contributed by atoms with Gasteiger partial charge in [0.15, 0.2) is 0 Å². The summed E-state index contributed by atoms with van der Waals surface area (Å²) < 4.78 is 7.48. The van der Waals surface area contributed by atoms with Crippen LogP contribution in [-0.2, 0) is 17.8 Å². The lowest BCUT2D eigenvalue weighted by atomic mass is 10.1. The molecule has 1 aromatic heterocycles. The van der Waals surface area contributed by atoms with Crippen LogP contribution in [0.2, 0.25) is 0 Å². The van der Waals surface area contributed by atoms with Gasteiger partial charge in [-0.3, -0.25) is 0 Å². The Kier molecular flexibility index (Phi) is 5.38. The number of ether oxygens (including phenoxy) is 1. The first kappa shape index (κ1) is 18.1. The lowest BCUT2D eigenvalue weighted by molar-refractivity contribution is 0.0378. The molecule has 0 fully saturated rings. The van der Waals surface area contributed by atoms with Crippen molar-refractivity contribution < 1.29 is 9.53 Å². The first-order chi connectivity index (χ1) is 12.4. The Morgan fingerprint density at radius 2 is 1.81 bits per heavy atom. The summed E-state index contributed by atoms with van der Waals surface area (Å²) in [6.45, 7) is 5.18. The van der Waals surface area contributed by atoms with Crippen molar-refractivity contribution in [2.45, 2.75) is 33.0 Å². The van der Waals surface area contributed by atoms with E-state index in [9.17, 15) is 4.79 Å². The normalized spacial score (nSPS) is 11.5. The van der Waals surface area contributed by atoms with E-state index in [1.165, 1.54) is 0 Å². The molecule has 26 heavy (non-hydrogen) atoms. The zero-order chi connectivity index (χ0) is 18.7. The fourth-order valence-corrected chi connectivity index (χ4v) is 2.92. The summed E-state index contributed by atoms with van der Waals surface area (Å²) in [5, 5.41) is 0. The van der Waals surface area contributed by atoms with Crippen molar-refractivity contribution in [2.24, 2.45) is 0 Å². The maximum absolute atomic E-state index is 12.0. The highest BCUT2D eigenvalue weighted by molar-refractivity contribution is 5.89. The summed E-state index contributed by atoms with van der Waals surface area (Å²) in [4.78, 5) is 18.9. The van der Waals surface area contributed by atoms with Crippen LogP contribution in [0.25, 0.3) is 11.0 Å². The Labute approximate surface area is 154 Å². The number of hydrogen-bond acceptors (Lipinski definition) is 4. The number of fused-ring (bicyclic) bond motifs is 1. The van der Waals surface area contributed by atoms with Gasteiger partial charge in [-0.05, 0) is 57.8 Å². The number of nitrogens with zero attached hydrogens (tertiary/aromatic N) is 3. The average Bonchev–Trinajstić information content (AvgIpc) is 2.91. The molecule has 0 N–H and O–H groups in total. The molecular weight excluding hydrogens is 326 g/mol. The number of benzene rings is 2. The lowest BCUT2D eigenvalue weighted by Crippen LogP contribution is -2.16. The highest BCUT2D eigenvalue weighted by Gasteiger charge is 2.13. The molecule has 2 aromatic carbocycles. The van der Waals surface area contributed by atoms with Gasteiger partial charge in [0.25, 0.3) is 0 Å². The molecule has 0 spiro atoms. The van der Waals surface area contributed by atoms with Crippen molar-refractivity contribution in [3.63, 3.8) is 0 Å². The van der Waals surface area contributed by atoms with Crippen molar-refractivity contribution in [1.82, 2.24) is 14.5 Å². The van der Waals surface area contributed by atoms with Gasteiger partial charge in [-0.25, -0.2) is 9.78 Å². The van der Waals surface area contributed by atoms with E-state index in [1.807, 2.05) is 70.4 Å². The third-order valence-corrected chi connectivity index (χ3v) is 4.06. The van der Waals surface area contributed by atoms with Crippen LogP contribution in [0.3, 0.4) is 0 Å². The molecule has 0 aliphatic carbocycles. The molecule has 0 atom stereocenters. The van der Waals surface area contributed by atoms with Crippen LogP contribution in [0.15, 0.2) is 48.5 Å². The minimum Gasteiger partial charge on any atom is -0.459 e. The molecule has 0 saturated heterocycles. The summed E-state index contributed by atoms with van der Waals surface area (Å²) in [6.07, 6.45) is -0.118. The fraction of sp³-hybridized carbons (Fsp3) is 0.333. The molecule has 5 nitrogen and oxygen atoms in total. The molecule has 0 amide bonds. The SMILES string of the molecule is CC(C)OC(=O)c1ccc(Cn2c(CN(C)C)nc3ccccc32)cc1. The molecule has 3 rings (SSSR count). The number of hydrogen-bond donors (Lipinski definition) is 0. The second kappa shape index (κ2) is 7.70. The zero-order valence-electron chi connectivity index (χ0n) is 15.8. The number of aromatic nitrogens is 2. The van der Waals surface area contributed by atoms with E-state index in [0.717, 1.165) is 29.0 Å². The molecule has 0 aliphatic heterocycles. The van der Waals surface area contributed by atoms with Crippen molar-refractivity contribution >= 4 is 17.0 Å². The van der Waals surface area contributed by atoms with Crippen LogP contribution in [0, 0.1) is 0 Å². The van der Waals surface area contributed by atoms with Gasteiger partial charge >= 0.3 is 5.97 Å². The van der Waals surface area contributed by atoms with Crippen molar-refractivity contribution in [2.75, 3.05) is 14.1 Å². The van der Waals surface area contributed by atoms with E-state index in [0.29, 0.717) is 12.1 Å². The van der Waals surface area contributed by atoms with Crippen LogP contribution in [0.4, 0.5) is 0 Å². The summed E-state index contributed by atoms with van der Waals surface area (Å²) in [7, 11) is 4.08. The molecule has 5 heteroatoms. The molecule has 0 radical (unpaired) electrons. The van der Waals surface area contributed by atoms with Gasteiger partial charge in [0.05, 0.1) is 29.2 Å². The largest absolute Gasteiger partial charge is 0.459 e. The Balaban J connectivity index is 1.87. The number of carbonyl (C=O) groups is 1. The topological polar surface area (TPSA) is 47.4 Å². The zero-order valence-corrected chi connectivity index (χ0v) is 15.8. The van der Waals surface area contributed by atoms with Gasteiger partial charge in [-0.2, -0.15) is 0 Å². The molecule has 0 saturated carbocycles. The van der Waals surface area contributed by atoms with Crippen LogP contribution < -0.4 is 0 Å². The van der Waals surface area contributed by atoms with Crippen molar-refractivity contribution in [3.05, 3.63) is 65.5 Å². The van der Waals surface area contributed by atoms with Gasteiger partial charge in [-0.1, -0.05) is 24.3 Å². The van der Waals surface area contributed by atoms with Crippen LogP contribution >= 0.6 is 0 Å². The van der Waals surface area contributed by atoms with E-state index in [4.69, 9.17) is 9.72 Å². The van der Waals surface area contributed by atoms with E-state index in [1.54, 1.807) is 0 Å². The van der Waals surface area contributed by atoms with E-state index >= 15 is 0 Å². The number of esters is 1. The first-order valence-electron chi connectivity index (χ1n) is 8.83. The number of rotatable bonds is 6. The Hall–Kier alpha value is -2.66. The predicted molar refractivity (Wildman–Crippen MR) is 103 cm³/mol. The predicted octanol–water partition coefficient (Wildman–Crippen LogP) is 3.71. The van der Waals surface area contributed by atoms with Crippen molar-refractivity contribution in [1.29, 1.82) is 0 Å². The number of carbonyl (C=O) groups excluding carboxylic acids is 1. The van der Waals surface area contributed by atoms with Gasteiger partial charge in [-0.15, -0.1) is 0 Å². The molecule has 0 aliphatic rings. The van der Waals surface area contributed by atoms with E-state index < -0.39 is 0 Å². The average molecular weight is 351 g/mol. The molecule has 1 heterocycles. The lowest BCUT2D eigenvalue weighted by Gasteiger charge is -2.13. The monoisotopic (exact) mass is 351 g/mol. The summed E-state index contributed by atoms with van der Waals surface area (Å²) in [5.41, 5.74) is 3.81. The minimum atomic E-state index is -0.284. The maximum atomic E-state index is 12.0. The van der Waals surface area contributed by atoms with Crippen molar-refractivity contribution in [3.8, 4) is 0 Å². The summed E-state index contributed by atoms with van der Waals surface area (Å²) in [5.74, 6) is 0.743. The Bertz CT molecular complexity index is 895. The summed E-state index contributed by atoms with van der Waals surface area (Å²) in [6, 6.07) is 15.8. The highest BCUT2D eigenvalue weighted by atomic mass is 16.5.